The second-order valence-electron chi connectivity index (χ2n) is 3.71. The Hall–Kier alpha value is -1.54. The molecule has 1 aromatic rings. The van der Waals surface area contributed by atoms with E-state index >= 15 is 0 Å². The summed E-state index contributed by atoms with van der Waals surface area (Å²) in [6.45, 7) is 4.59. The minimum absolute atomic E-state index is 0.0888. The van der Waals surface area contributed by atoms with Gasteiger partial charge in [0.15, 0.2) is 0 Å². The van der Waals surface area contributed by atoms with Gasteiger partial charge in [0.2, 0.25) is 11.2 Å². The summed E-state index contributed by atoms with van der Waals surface area (Å²) in [6, 6.07) is 0.0964. The highest BCUT2D eigenvalue weighted by Gasteiger charge is 2.09. The van der Waals surface area contributed by atoms with Crippen LogP contribution in [-0.2, 0) is 0 Å². The number of nitrogens with one attached hydrogen (secondary N) is 1. The highest BCUT2D eigenvalue weighted by molar-refractivity contribution is 6.28. The predicted molar refractivity (Wildman–Crippen MR) is 71.8 cm³/mol. The van der Waals surface area contributed by atoms with Crippen molar-refractivity contribution in [1.82, 2.24) is 15.0 Å². The van der Waals surface area contributed by atoms with Gasteiger partial charge in [-0.25, -0.2) is 0 Å². The number of aromatic nitrogens is 3. The minimum atomic E-state index is -0.118. The SMILES string of the molecule is C#CC(CCC)Nc1nc(Cl)nc(OCCC)n1. The third-order valence-corrected chi connectivity index (χ3v) is 2.27. The Morgan fingerprint density at radius 3 is 2.72 bits per heavy atom. The predicted octanol–water partition coefficient (Wildman–Crippen LogP) is 2.53. The van der Waals surface area contributed by atoms with Gasteiger partial charge in [-0.1, -0.05) is 26.2 Å². The molecule has 18 heavy (non-hydrogen) atoms. The molecule has 0 spiro atoms. The topological polar surface area (TPSA) is 59.9 Å². The summed E-state index contributed by atoms with van der Waals surface area (Å²) in [7, 11) is 0. The Balaban J connectivity index is 2.75. The van der Waals surface area contributed by atoms with Gasteiger partial charge in [0.05, 0.1) is 12.6 Å². The summed E-state index contributed by atoms with van der Waals surface area (Å²) in [5, 5.41) is 3.11. The van der Waals surface area contributed by atoms with E-state index in [2.05, 4.69) is 33.1 Å². The van der Waals surface area contributed by atoms with E-state index in [0.717, 1.165) is 19.3 Å². The van der Waals surface area contributed by atoms with Crippen molar-refractivity contribution in [2.24, 2.45) is 0 Å². The van der Waals surface area contributed by atoms with Gasteiger partial charge >= 0.3 is 6.01 Å². The lowest BCUT2D eigenvalue weighted by Gasteiger charge is -2.12. The normalized spacial score (nSPS) is 11.7. The van der Waals surface area contributed by atoms with Gasteiger partial charge in [-0.3, -0.25) is 0 Å². The number of terminal acetylenes is 1. The first-order chi connectivity index (χ1) is 8.69. The zero-order chi connectivity index (χ0) is 13.4. The Kier molecular flexibility index (Phi) is 6.23. The van der Waals surface area contributed by atoms with Crippen LogP contribution < -0.4 is 10.1 Å². The molecule has 0 aliphatic rings. The molecule has 0 bridgehead atoms. The number of halogens is 1. The fourth-order valence-electron chi connectivity index (χ4n) is 1.30. The van der Waals surface area contributed by atoms with Crippen LogP contribution in [0.15, 0.2) is 0 Å². The molecule has 1 rings (SSSR count). The van der Waals surface area contributed by atoms with Gasteiger partial charge in [0.1, 0.15) is 0 Å². The first kappa shape index (κ1) is 14.5. The van der Waals surface area contributed by atoms with Crippen LogP contribution in [0.25, 0.3) is 0 Å². The molecule has 0 aliphatic carbocycles. The average molecular weight is 269 g/mol. The molecule has 0 fully saturated rings. The van der Waals surface area contributed by atoms with Crippen LogP contribution in [0.4, 0.5) is 5.95 Å². The molecule has 1 N–H and O–H groups in total. The highest BCUT2D eigenvalue weighted by Crippen LogP contribution is 2.13. The van der Waals surface area contributed by atoms with E-state index in [1.54, 1.807) is 0 Å². The molecule has 1 heterocycles. The summed E-state index contributed by atoms with van der Waals surface area (Å²) in [6.07, 6.45) is 8.10. The van der Waals surface area contributed by atoms with Gasteiger partial charge in [-0.2, -0.15) is 15.0 Å². The monoisotopic (exact) mass is 268 g/mol. The smallest absolute Gasteiger partial charge is 0.322 e. The maximum absolute atomic E-state index is 5.80. The lowest BCUT2D eigenvalue weighted by atomic mass is 10.2. The quantitative estimate of drug-likeness (QED) is 0.770. The summed E-state index contributed by atoms with van der Waals surface area (Å²) < 4.78 is 5.31. The molecule has 0 aliphatic heterocycles. The number of rotatable bonds is 7. The fourth-order valence-corrected chi connectivity index (χ4v) is 1.45. The van der Waals surface area contributed by atoms with Crippen molar-refractivity contribution in [3.05, 3.63) is 5.28 Å². The molecule has 1 unspecified atom stereocenters. The molecule has 1 aromatic heterocycles. The van der Waals surface area contributed by atoms with Gasteiger partial charge in [-0.05, 0) is 24.4 Å². The van der Waals surface area contributed by atoms with E-state index < -0.39 is 0 Å². The van der Waals surface area contributed by atoms with E-state index in [1.807, 2.05) is 6.92 Å². The largest absolute Gasteiger partial charge is 0.463 e. The van der Waals surface area contributed by atoms with Crippen LogP contribution in [0, 0.1) is 12.3 Å². The first-order valence-electron chi connectivity index (χ1n) is 5.96. The molecular weight excluding hydrogens is 252 g/mol. The summed E-state index contributed by atoms with van der Waals surface area (Å²) in [5.41, 5.74) is 0. The van der Waals surface area contributed by atoms with Crippen LogP contribution in [-0.4, -0.2) is 27.6 Å². The van der Waals surface area contributed by atoms with Crippen molar-refractivity contribution in [3.63, 3.8) is 0 Å². The Morgan fingerprint density at radius 2 is 2.11 bits per heavy atom. The molecule has 98 valence electrons. The molecule has 0 amide bonds. The van der Waals surface area contributed by atoms with Crippen LogP contribution in [0.3, 0.4) is 0 Å². The number of ether oxygens (including phenoxy) is 1. The van der Waals surface area contributed by atoms with Crippen molar-refractivity contribution in [2.45, 2.75) is 39.2 Å². The molecule has 0 aromatic carbocycles. The molecule has 1 atom stereocenters. The number of nitrogens with zero attached hydrogens (tertiary/aromatic N) is 3. The number of hydrogen-bond donors (Lipinski definition) is 1. The maximum atomic E-state index is 5.80. The summed E-state index contributed by atoms with van der Waals surface area (Å²) >= 11 is 5.80. The summed E-state index contributed by atoms with van der Waals surface area (Å²) in [4.78, 5) is 12.0. The van der Waals surface area contributed by atoms with E-state index in [0.29, 0.717) is 12.6 Å². The Morgan fingerprint density at radius 1 is 1.33 bits per heavy atom. The van der Waals surface area contributed by atoms with E-state index in [9.17, 15) is 0 Å². The molecule has 5 nitrogen and oxygen atoms in total. The Bertz CT molecular complexity index is 419. The zero-order valence-corrected chi connectivity index (χ0v) is 11.4. The second kappa shape index (κ2) is 7.72. The molecule has 0 saturated heterocycles. The van der Waals surface area contributed by atoms with Crippen LogP contribution >= 0.6 is 11.6 Å². The van der Waals surface area contributed by atoms with Crippen molar-refractivity contribution >= 4 is 17.5 Å². The maximum Gasteiger partial charge on any atom is 0.322 e. The van der Waals surface area contributed by atoms with Crippen LogP contribution in [0.2, 0.25) is 5.28 Å². The third-order valence-electron chi connectivity index (χ3n) is 2.10. The third kappa shape index (κ3) is 4.76. The van der Waals surface area contributed by atoms with Crippen molar-refractivity contribution in [1.29, 1.82) is 0 Å². The van der Waals surface area contributed by atoms with Crippen molar-refractivity contribution in [3.8, 4) is 18.4 Å². The average Bonchev–Trinajstić information content (AvgIpc) is 2.35. The zero-order valence-electron chi connectivity index (χ0n) is 10.6. The lowest BCUT2D eigenvalue weighted by Crippen LogP contribution is -2.19. The first-order valence-corrected chi connectivity index (χ1v) is 6.34. The number of hydrogen-bond acceptors (Lipinski definition) is 5. The van der Waals surface area contributed by atoms with E-state index in [-0.39, 0.29) is 17.3 Å². The van der Waals surface area contributed by atoms with Gasteiger partial charge < -0.3 is 10.1 Å². The standard InChI is InChI=1S/C12H17ClN4O/c1-4-7-9(6-3)14-11-15-10(13)16-12(17-11)18-8-5-2/h3,9H,4-5,7-8H2,1-2H3,(H,14,15,16,17). The lowest BCUT2D eigenvalue weighted by molar-refractivity contribution is 0.291. The minimum Gasteiger partial charge on any atom is -0.463 e. The van der Waals surface area contributed by atoms with Crippen molar-refractivity contribution in [2.75, 3.05) is 11.9 Å². The van der Waals surface area contributed by atoms with E-state index in [1.165, 1.54) is 0 Å². The molecule has 0 radical (unpaired) electrons. The van der Waals surface area contributed by atoms with Crippen LogP contribution in [0.1, 0.15) is 33.1 Å². The fraction of sp³-hybridized carbons (Fsp3) is 0.583. The van der Waals surface area contributed by atoms with Gasteiger partial charge in [0, 0.05) is 0 Å². The highest BCUT2D eigenvalue weighted by atomic mass is 35.5. The molecular formula is C12H17ClN4O. The Labute approximate surface area is 112 Å². The summed E-state index contributed by atoms with van der Waals surface area (Å²) in [5.74, 6) is 2.98. The molecule has 0 saturated carbocycles. The van der Waals surface area contributed by atoms with Gasteiger partial charge in [0.25, 0.3) is 0 Å². The second-order valence-corrected chi connectivity index (χ2v) is 4.05. The number of anilines is 1. The van der Waals surface area contributed by atoms with Crippen molar-refractivity contribution < 1.29 is 4.74 Å². The molecule has 6 heteroatoms. The van der Waals surface area contributed by atoms with E-state index in [4.69, 9.17) is 22.8 Å². The van der Waals surface area contributed by atoms with Crippen LogP contribution in [0.5, 0.6) is 6.01 Å². The van der Waals surface area contributed by atoms with Gasteiger partial charge in [-0.15, -0.1) is 6.42 Å².